The fraction of sp³-hybridized carbons (Fsp3) is 0.636. The molecule has 0 aliphatic heterocycles. The summed E-state index contributed by atoms with van der Waals surface area (Å²) >= 11 is 0. The van der Waals surface area contributed by atoms with E-state index in [0.717, 1.165) is 5.56 Å². The van der Waals surface area contributed by atoms with E-state index in [4.69, 9.17) is 0 Å². The van der Waals surface area contributed by atoms with Crippen LogP contribution in [0.15, 0.2) is 12.4 Å². The molecular weight excluding hydrogens is 192 g/mol. The van der Waals surface area contributed by atoms with Gasteiger partial charge in [-0.2, -0.15) is 5.10 Å². The second-order valence-electron chi connectivity index (χ2n) is 4.46. The molecule has 1 fully saturated rings. The lowest BCUT2D eigenvalue weighted by Crippen LogP contribution is -2.36. The number of Topliss-reactive ketones (excluding diaryl/α,β-unsaturated/α-hetero) is 1. The third-order valence-electron chi connectivity index (χ3n) is 3.03. The van der Waals surface area contributed by atoms with Crippen molar-refractivity contribution >= 4 is 5.78 Å². The van der Waals surface area contributed by atoms with E-state index in [2.05, 4.69) is 5.10 Å². The largest absolute Gasteiger partial charge is 0.390 e. The highest BCUT2D eigenvalue weighted by molar-refractivity contribution is 5.79. The highest BCUT2D eigenvalue weighted by Gasteiger charge is 2.32. The topological polar surface area (TPSA) is 55.1 Å². The van der Waals surface area contributed by atoms with Gasteiger partial charge in [-0.15, -0.1) is 0 Å². The molecule has 1 aliphatic carbocycles. The van der Waals surface area contributed by atoms with E-state index >= 15 is 0 Å². The molecule has 1 heterocycles. The molecule has 82 valence electrons. The highest BCUT2D eigenvalue weighted by atomic mass is 16.3. The van der Waals surface area contributed by atoms with Crippen molar-refractivity contribution < 1.29 is 9.90 Å². The minimum atomic E-state index is -0.697. The highest BCUT2D eigenvalue weighted by Crippen LogP contribution is 2.29. The molecule has 1 aromatic rings. The number of aromatic nitrogens is 2. The molecule has 0 saturated heterocycles. The molecule has 0 spiro atoms. The molecule has 0 aromatic carbocycles. The number of aliphatic hydroxyl groups is 1. The van der Waals surface area contributed by atoms with Crippen molar-refractivity contribution in [3.63, 3.8) is 0 Å². The van der Waals surface area contributed by atoms with Gasteiger partial charge in [0.05, 0.1) is 11.8 Å². The number of hydrogen-bond acceptors (Lipinski definition) is 3. The Morgan fingerprint density at radius 2 is 2.20 bits per heavy atom. The van der Waals surface area contributed by atoms with Gasteiger partial charge >= 0.3 is 0 Å². The number of carbonyl (C=O) groups is 1. The van der Waals surface area contributed by atoms with Gasteiger partial charge in [0.1, 0.15) is 5.78 Å². The first-order valence-electron chi connectivity index (χ1n) is 5.29. The maximum Gasteiger partial charge on any atom is 0.133 e. The lowest BCUT2D eigenvalue weighted by molar-refractivity contribution is -0.125. The molecule has 1 N–H and O–H groups in total. The zero-order valence-corrected chi connectivity index (χ0v) is 8.94. The lowest BCUT2D eigenvalue weighted by atomic mass is 9.80. The monoisotopic (exact) mass is 208 g/mol. The average Bonchev–Trinajstić information content (AvgIpc) is 2.57. The van der Waals surface area contributed by atoms with E-state index in [9.17, 15) is 9.90 Å². The minimum Gasteiger partial charge on any atom is -0.390 e. The Bertz CT molecular complexity index is 360. The molecular formula is C11H16N2O2. The van der Waals surface area contributed by atoms with Crippen LogP contribution in [-0.4, -0.2) is 26.3 Å². The molecule has 0 amide bonds. The Hall–Kier alpha value is -1.16. The first-order valence-corrected chi connectivity index (χ1v) is 5.29. The van der Waals surface area contributed by atoms with Crippen molar-refractivity contribution in [3.8, 4) is 0 Å². The molecule has 4 nitrogen and oxygen atoms in total. The number of carbonyl (C=O) groups excluding carboxylic acids is 1. The number of rotatable bonds is 2. The van der Waals surface area contributed by atoms with Crippen LogP contribution in [0.3, 0.4) is 0 Å². The molecule has 4 heteroatoms. The van der Waals surface area contributed by atoms with Crippen LogP contribution in [0, 0.1) is 0 Å². The normalized spacial score (nSPS) is 20.5. The maximum absolute atomic E-state index is 11.1. The summed E-state index contributed by atoms with van der Waals surface area (Å²) in [4.78, 5) is 11.1. The fourth-order valence-electron chi connectivity index (χ4n) is 2.11. The smallest absolute Gasteiger partial charge is 0.133 e. The standard InChI is InChI=1S/C11H16N2O2/c1-13-8-9(7-12-13)6-11(15)4-2-10(14)3-5-11/h7-8,15H,2-6H2,1H3. The summed E-state index contributed by atoms with van der Waals surface area (Å²) in [5.41, 5.74) is 0.339. The summed E-state index contributed by atoms with van der Waals surface area (Å²) in [5.74, 6) is 0.269. The summed E-state index contributed by atoms with van der Waals surface area (Å²) < 4.78 is 1.73. The number of nitrogens with zero attached hydrogens (tertiary/aromatic N) is 2. The maximum atomic E-state index is 11.1. The van der Waals surface area contributed by atoms with Crippen LogP contribution in [0.2, 0.25) is 0 Å². The average molecular weight is 208 g/mol. The Morgan fingerprint density at radius 3 is 2.73 bits per heavy atom. The van der Waals surface area contributed by atoms with Crippen molar-refractivity contribution in [1.29, 1.82) is 0 Å². The Morgan fingerprint density at radius 1 is 1.53 bits per heavy atom. The van der Waals surface area contributed by atoms with Crippen LogP contribution < -0.4 is 0 Å². The molecule has 0 bridgehead atoms. The van der Waals surface area contributed by atoms with Crippen molar-refractivity contribution in [3.05, 3.63) is 18.0 Å². The predicted octanol–water partition coefficient (Wildman–Crippen LogP) is 0.837. The molecule has 0 radical (unpaired) electrons. The van der Waals surface area contributed by atoms with Crippen LogP contribution in [-0.2, 0) is 18.3 Å². The molecule has 0 atom stereocenters. The van der Waals surface area contributed by atoms with Gasteiger partial charge in [0, 0.05) is 32.5 Å². The second kappa shape index (κ2) is 3.77. The third kappa shape index (κ3) is 2.45. The summed E-state index contributed by atoms with van der Waals surface area (Å²) in [6.07, 6.45) is 6.48. The molecule has 0 unspecified atom stereocenters. The van der Waals surface area contributed by atoms with E-state index < -0.39 is 5.60 Å². The molecule has 1 aliphatic rings. The Kier molecular flexibility index (Phi) is 2.61. The summed E-state index contributed by atoms with van der Waals surface area (Å²) in [7, 11) is 1.86. The van der Waals surface area contributed by atoms with E-state index in [-0.39, 0.29) is 5.78 Å². The van der Waals surface area contributed by atoms with Crippen LogP contribution in [0.25, 0.3) is 0 Å². The van der Waals surface area contributed by atoms with E-state index in [1.165, 1.54) is 0 Å². The molecule has 15 heavy (non-hydrogen) atoms. The molecule has 1 aromatic heterocycles. The summed E-state index contributed by atoms with van der Waals surface area (Å²) in [5, 5.41) is 14.3. The fourth-order valence-corrected chi connectivity index (χ4v) is 2.11. The lowest BCUT2D eigenvalue weighted by Gasteiger charge is -2.30. The molecule has 2 rings (SSSR count). The van der Waals surface area contributed by atoms with Gasteiger partial charge in [0.15, 0.2) is 0 Å². The minimum absolute atomic E-state index is 0.269. The summed E-state index contributed by atoms with van der Waals surface area (Å²) in [6, 6.07) is 0. The van der Waals surface area contributed by atoms with Gasteiger partial charge in [0.2, 0.25) is 0 Å². The number of aryl methyl sites for hydroxylation is 1. The van der Waals surface area contributed by atoms with Gasteiger partial charge in [-0.3, -0.25) is 9.48 Å². The van der Waals surface area contributed by atoms with Crippen molar-refractivity contribution in [2.24, 2.45) is 7.05 Å². The third-order valence-corrected chi connectivity index (χ3v) is 3.03. The van der Waals surface area contributed by atoms with Gasteiger partial charge in [-0.05, 0) is 18.4 Å². The van der Waals surface area contributed by atoms with Gasteiger partial charge in [0.25, 0.3) is 0 Å². The first kappa shape index (κ1) is 10.4. The second-order valence-corrected chi connectivity index (χ2v) is 4.46. The Balaban J connectivity index is 2.01. The zero-order chi connectivity index (χ0) is 10.9. The zero-order valence-electron chi connectivity index (χ0n) is 8.94. The number of ketones is 1. The SMILES string of the molecule is Cn1cc(CC2(O)CCC(=O)CC2)cn1. The van der Waals surface area contributed by atoms with Crippen LogP contribution in [0.4, 0.5) is 0 Å². The van der Waals surface area contributed by atoms with E-state index in [1.54, 1.807) is 10.9 Å². The van der Waals surface area contributed by atoms with Gasteiger partial charge in [-0.25, -0.2) is 0 Å². The number of hydrogen-bond donors (Lipinski definition) is 1. The summed E-state index contributed by atoms with van der Waals surface area (Å²) in [6.45, 7) is 0. The van der Waals surface area contributed by atoms with E-state index in [0.29, 0.717) is 32.1 Å². The van der Waals surface area contributed by atoms with Crippen LogP contribution >= 0.6 is 0 Å². The van der Waals surface area contributed by atoms with Crippen molar-refractivity contribution in [1.82, 2.24) is 9.78 Å². The van der Waals surface area contributed by atoms with Crippen molar-refractivity contribution in [2.75, 3.05) is 0 Å². The Labute approximate surface area is 88.9 Å². The first-order chi connectivity index (χ1) is 7.07. The van der Waals surface area contributed by atoms with Crippen LogP contribution in [0.5, 0.6) is 0 Å². The van der Waals surface area contributed by atoms with Gasteiger partial charge in [-0.1, -0.05) is 0 Å². The molecule has 1 saturated carbocycles. The van der Waals surface area contributed by atoms with E-state index in [1.807, 2.05) is 13.2 Å². The van der Waals surface area contributed by atoms with Gasteiger partial charge < -0.3 is 5.11 Å². The van der Waals surface area contributed by atoms with Crippen LogP contribution in [0.1, 0.15) is 31.2 Å². The van der Waals surface area contributed by atoms with Crippen molar-refractivity contribution in [2.45, 2.75) is 37.7 Å². The quantitative estimate of drug-likeness (QED) is 0.783. The predicted molar refractivity (Wildman–Crippen MR) is 55.3 cm³/mol.